The van der Waals surface area contributed by atoms with Crippen molar-refractivity contribution >= 4 is 23.1 Å². The van der Waals surface area contributed by atoms with Crippen LogP contribution in [0.3, 0.4) is 0 Å². The van der Waals surface area contributed by atoms with Crippen LogP contribution in [0.1, 0.15) is 36.1 Å². The SMILES string of the molecule is CCCOc1ccc(/C(O)=C2\C(=O)C(=O)N(c3ccccc3O)C2c2ccccc2OC)cc1C. The van der Waals surface area contributed by atoms with E-state index in [-0.39, 0.29) is 22.8 Å². The molecule has 0 aliphatic carbocycles. The van der Waals surface area contributed by atoms with Crippen LogP contribution in [0.4, 0.5) is 5.69 Å². The minimum atomic E-state index is -1.02. The Morgan fingerprint density at radius 1 is 1.00 bits per heavy atom. The monoisotopic (exact) mass is 473 g/mol. The number of ether oxygens (including phenoxy) is 2. The van der Waals surface area contributed by atoms with Gasteiger partial charge >= 0.3 is 0 Å². The molecule has 0 saturated carbocycles. The number of phenols is 1. The molecule has 0 radical (unpaired) electrons. The van der Waals surface area contributed by atoms with Gasteiger partial charge in [-0.1, -0.05) is 37.3 Å². The Bertz CT molecular complexity index is 1310. The Kier molecular flexibility index (Phi) is 6.78. The molecule has 3 aromatic rings. The maximum absolute atomic E-state index is 13.3. The number of aromatic hydroxyl groups is 1. The Balaban J connectivity index is 1.93. The van der Waals surface area contributed by atoms with Gasteiger partial charge in [-0.25, -0.2) is 0 Å². The summed E-state index contributed by atoms with van der Waals surface area (Å²) in [7, 11) is 1.49. The zero-order valence-corrected chi connectivity index (χ0v) is 19.8. The number of nitrogens with zero attached hydrogens (tertiary/aromatic N) is 1. The molecule has 7 nitrogen and oxygen atoms in total. The predicted molar refractivity (Wildman–Crippen MR) is 133 cm³/mol. The van der Waals surface area contributed by atoms with Gasteiger partial charge in [-0.15, -0.1) is 0 Å². The van der Waals surface area contributed by atoms with E-state index < -0.39 is 17.7 Å². The quantitative estimate of drug-likeness (QED) is 0.281. The third-order valence-corrected chi connectivity index (χ3v) is 5.93. The number of benzene rings is 3. The summed E-state index contributed by atoms with van der Waals surface area (Å²) >= 11 is 0. The van der Waals surface area contributed by atoms with Crippen LogP contribution in [0.25, 0.3) is 5.76 Å². The highest BCUT2D eigenvalue weighted by Crippen LogP contribution is 2.46. The Morgan fingerprint density at radius 2 is 1.71 bits per heavy atom. The van der Waals surface area contributed by atoms with Gasteiger partial charge in [0.2, 0.25) is 0 Å². The van der Waals surface area contributed by atoms with Crippen molar-refractivity contribution in [2.45, 2.75) is 26.3 Å². The van der Waals surface area contributed by atoms with Gasteiger partial charge in [0.1, 0.15) is 23.0 Å². The minimum Gasteiger partial charge on any atom is -0.507 e. The fourth-order valence-electron chi connectivity index (χ4n) is 4.26. The van der Waals surface area contributed by atoms with Gasteiger partial charge in [-0.2, -0.15) is 0 Å². The molecule has 1 fully saturated rings. The van der Waals surface area contributed by atoms with Gasteiger partial charge in [0, 0.05) is 11.1 Å². The molecule has 1 aliphatic heterocycles. The molecule has 1 amide bonds. The highest BCUT2D eigenvalue weighted by atomic mass is 16.5. The largest absolute Gasteiger partial charge is 0.507 e. The van der Waals surface area contributed by atoms with E-state index in [2.05, 4.69) is 0 Å². The van der Waals surface area contributed by atoms with E-state index in [1.807, 2.05) is 13.8 Å². The number of carbonyl (C=O) groups is 2. The maximum atomic E-state index is 13.3. The second-order valence-corrected chi connectivity index (χ2v) is 8.23. The summed E-state index contributed by atoms with van der Waals surface area (Å²) < 4.78 is 11.2. The first kappa shape index (κ1) is 23.9. The molecular weight excluding hydrogens is 446 g/mol. The van der Waals surface area contributed by atoms with E-state index in [0.29, 0.717) is 29.2 Å². The molecule has 3 aromatic carbocycles. The highest BCUT2D eigenvalue weighted by molar-refractivity contribution is 6.52. The summed E-state index contributed by atoms with van der Waals surface area (Å²) in [6.07, 6.45) is 0.857. The number of phenolic OH excluding ortho intramolecular Hbond substituents is 1. The Hall–Kier alpha value is -4.26. The summed E-state index contributed by atoms with van der Waals surface area (Å²) in [5.41, 5.74) is 1.72. The smallest absolute Gasteiger partial charge is 0.300 e. The number of carbonyl (C=O) groups excluding carboxylic acids is 2. The second-order valence-electron chi connectivity index (χ2n) is 8.23. The van der Waals surface area contributed by atoms with Crippen molar-refractivity contribution in [3.8, 4) is 17.2 Å². The molecule has 4 rings (SSSR count). The normalized spacial score (nSPS) is 17.0. The third kappa shape index (κ3) is 4.33. The van der Waals surface area contributed by atoms with Crippen LogP contribution in [0, 0.1) is 6.92 Å². The standard InChI is InChI=1S/C28H27NO6/c1-4-15-35-22-14-13-18(16-17(22)2)26(31)24-25(19-9-5-8-12-23(19)34-3)29(28(33)27(24)32)20-10-6-7-11-21(20)30/h5-14,16,25,30-31H,4,15H2,1-3H3/b26-24+. The van der Waals surface area contributed by atoms with Crippen molar-refractivity contribution in [3.05, 3.63) is 89.0 Å². The molecular formula is C28H27NO6. The van der Waals surface area contributed by atoms with E-state index in [0.717, 1.165) is 12.0 Å². The summed E-state index contributed by atoms with van der Waals surface area (Å²) in [4.78, 5) is 27.8. The van der Waals surface area contributed by atoms with Gasteiger partial charge in [0.05, 0.1) is 31.0 Å². The first-order chi connectivity index (χ1) is 16.9. The molecule has 1 atom stereocenters. The van der Waals surface area contributed by atoms with E-state index in [1.165, 1.54) is 18.1 Å². The molecule has 0 bridgehead atoms. The number of para-hydroxylation sites is 3. The summed E-state index contributed by atoms with van der Waals surface area (Å²) in [6, 6.07) is 17.3. The molecule has 0 spiro atoms. The molecule has 180 valence electrons. The number of aryl methyl sites for hydroxylation is 1. The van der Waals surface area contributed by atoms with Crippen LogP contribution in [-0.4, -0.2) is 35.6 Å². The number of rotatable bonds is 7. The molecule has 0 aromatic heterocycles. The van der Waals surface area contributed by atoms with Gasteiger partial charge < -0.3 is 19.7 Å². The van der Waals surface area contributed by atoms with Crippen LogP contribution < -0.4 is 14.4 Å². The van der Waals surface area contributed by atoms with Gasteiger partial charge in [-0.3, -0.25) is 14.5 Å². The van der Waals surface area contributed by atoms with Crippen LogP contribution in [-0.2, 0) is 9.59 Å². The molecule has 1 saturated heterocycles. The Morgan fingerprint density at radius 3 is 2.40 bits per heavy atom. The fraction of sp³-hybridized carbons (Fsp3) is 0.214. The lowest BCUT2D eigenvalue weighted by atomic mass is 9.94. The molecule has 2 N–H and O–H groups in total. The summed E-state index contributed by atoms with van der Waals surface area (Å²) in [5.74, 6) is -1.08. The van der Waals surface area contributed by atoms with Crippen LogP contribution in [0.5, 0.6) is 17.2 Å². The zero-order valence-electron chi connectivity index (χ0n) is 19.8. The van der Waals surface area contributed by atoms with Crippen molar-refractivity contribution in [1.82, 2.24) is 0 Å². The highest BCUT2D eigenvalue weighted by Gasteiger charge is 2.48. The third-order valence-electron chi connectivity index (χ3n) is 5.93. The lowest BCUT2D eigenvalue weighted by molar-refractivity contribution is -0.132. The average Bonchev–Trinajstić information content (AvgIpc) is 3.13. The molecule has 7 heteroatoms. The van der Waals surface area contributed by atoms with E-state index in [1.54, 1.807) is 60.7 Å². The molecule has 1 aliphatic rings. The maximum Gasteiger partial charge on any atom is 0.300 e. The lowest BCUT2D eigenvalue weighted by Crippen LogP contribution is -2.29. The van der Waals surface area contributed by atoms with E-state index in [4.69, 9.17) is 9.47 Å². The van der Waals surface area contributed by atoms with Crippen LogP contribution >= 0.6 is 0 Å². The van der Waals surface area contributed by atoms with Crippen LogP contribution in [0.2, 0.25) is 0 Å². The zero-order chi connectivity index (χ0) is 25.1. The lowest BCUT2D eigenvalue weighted by Gasteiger charge is -2.27. The number of hydrogen-bond donors (Lipinski definition) is 2. The van der Waals surface area contributed by atoms with Gasteiger partial charge in [0.25, 0.3) is 11.7 Å². The number of amides is 1. The number of aliphatic hydroxyl groups is 1. The number of Topliss-reactive ketones (excluding diaryl/α,β-unsaturated/α-hetero) is 1. The van der Waals surface area contributed by atoms with E-state index >= 15 is 0 Å². The number of aliphatic hydroxyl groups excluding tert-OH is 1. The van der Waals surface area contributed by atoms with Gasteiger partial charge in [0.15, 0.2) is 0 Å². The first-order valence-electron chi connectivity index (χ1n) is 11.3. The molecule has 1 unspecified atom stereocenters. The van der Waals surface area contributed by atoms with Crippen molar-refractivity contribution in [1.29, 1.82) is 0 Å². The van der Waals surface area contributed by atoms with Crippen molar-refractivity contribution in [3.63, 3.8) is 0 Å². The minimum absolute atomic E-state index is 0.0932. The van der Waals surface area contributed by atoms with Crippen LogP contribution in [0.15, 0.2) is 72.3 Å². The number of ketones is 1. The van der Waals surface area contributed by atoms with Gasteiger partial charge in [-0.05, 0) is 55.3 Å². The first-order valence-corrected chi connectivity index (χ1v) is 11.3. The predicted octanol–water partition coefficient (Wildman–Crippen LogP) is 5.12. The average molecular weight is 474 g/mol. The molecule has 35 heavy (non-hydrogen) atoms. The van der Waals surface area contributed by atoms with Crippen molar-refractivity contribution < 1.29 is 29.3 Å². The topological polar surface area (TPSA) is 96.3 Å². The van der Waals surface area contributed by atoms with E-state index in [9.17, 15) is 19.8 Å². The second kappa shape index (κ2) is 9.93. The summed E-state index contributed by atoms with van der Waals surface area (Å²) in [6.45, 7) is 4.42. The number of methoxy groups -OCH3 is 1. The Labute approximate surface area is 203 Å². The number of hydrogen-bond acceptors (Lipinski definition) is 6. The fourth-order valence-corrected chi connectivity index (χ4v) is 4.26. The summed E-state index contributed by atoms with van der Waals surface area (Å²) in [5, 5.41) is 21.9. The van der Waals surface area contributed by atoms with Crippen molar-refractivity contribution in [2.24, 2.45) is 0 Å². The number of anilines is 1. The van der Waals surface area contributed by atoms with Crippen molar-refractivity contribution in [2.75, 3.05) is 18.6 Å². The molecule has 1 heterocycles.